The van der Waals surface area contributed by atoms with Crippen LogP contribution in [-0.4, -0.2) is 10.6 Å². The maximum Gasteiger partial charge on any atom is 0.271 e. The molecule has 18 heavy (non-hydrogen) atoms. The van der Waals surface area contributed by atoms with Gasteiger partial charge in [0.15, 0.2) is 0 Å². The van der Waals surface area contributed by atoms with Crippen molar-refractivity contribution in [1.29, 1.82) is 0 Å². The minimum Gasteiger partial charge on any atom is -0.278 e. The fourth-order valence-corrected chi connectivity index (χ4v) is 2.49. The zero-order chi connectivity index (χ0) is 12.5. The molecule has 1 saturated carbocycles. The van der Waals surface area contributed by atoms with Gasteiger partial charge in [-0.05, 0) is 24.8 Å². The van der Waals surface area contributed by atoms with E-state index in [1.165, 1.54) is 12.1 Å². The van der Waals surface area contributed by atoms with Crippen LogP contribution < -0.4 is 5.43 Å². The molecule has 0 aromatic heterocycles. The van der Waals surface area contributed by atoms with Gasteiger partial charge in [0.25, 0.3) is 5.69 Å². The third-order valence-corrected chi connectivity index (χ3v) is 3.55. The van der Waals surface area contributed by atoms with Crippen molar-refractivity contribution < 1.29 is 4.92 Å². The lowest BCUT2D eigenvalue weighted by atomic mass is 9.74. The van der Waals surface area contributed by atoms with Crippen LogP contribution in [-0.2, 0) is 0 Å². The van der Waals surface area contributed by atoms with Gasteiger partial charge in [-0.25, -0.2) is 0 Å². The quantitative estimate of drug-likeness (QED) is 0.504. The molecule has 1 aromatic carbocycles. The van der Waals surface area contributed by atoms with Gasteiger partial charge >= 0.3 is 0 Å². The first-order chi connectivity index (χ1) is 8.74. The van der Waals surface area contributed by atoms with E-state index in [4.69, 9.17) is 0 Å². The van der Waals surface area contributed by atoms with E-state index >= 15 is 0 Å². The summed E-state index contributed by atoms with van der Waals surface area (Å²) in [7, 11) is 0. The number of nitro benzene ring substituents is 1. The predicted octanol–water partition coefficient (Wildman–Crippen LogP) is 2.96. The van der Waals surface area contributed by atoms with Crippen LogP contribution in [0.15, 0.2) is 41.5 Å². The Hall–Kier alpha value is -2.17. The fraction of sp³-hybridized carbons (Fsp3) is 0.308. The van der Waals surface area contributed by atoms with Crippen molar-refractivity contribution in [2.45, 2.75) is 12.8 Å². The highest BCUT2D eigenvalue weighted by Gasteiger charge is 2.37. The topological polar surface area (TPSA) is 67.5 Å². The average Bonchev–Trinajstić information content (AvgIpc) is 2.72. The number of nitrogens with zero attached hydrogens (tertiary/aromatic N) is 2. The van der Waals surface area contributed by atoms with Crippen LogP contribution in [0.2, 0.25) is 0 Å². The maximum absolute atomic E-state index is 10.6. The smallest absolute Gasteiger partial charge is 0.271 e. The number of nitrogens with one attached hydrogen (secondary N) is 1. The standard InChI is InChI=1S/C13H13N3O2/c17-16(18)11-5-2-4-10(8-11)14-15-13-7-9-3-1-6-12(9)13/h1-5,8-9,12,14H,6-7H2/b15-13-/t9-,12-/m0/s1. The van der Waals surface area contributed by atoms with Gasteiger partial charge < -0.3 is 0 Å². The van der Waals surface area contributed by atoms with Gasteiger partial charge in [-0.3, -0.25) is 15.5 Å². The van der Waals surface area contributed by atoms with E-state index in [1.54, 1.807) is 12.1 Å². The van der Waals surface area contributed by atoms with Crippen molar-refractivity contribution in [1.82, 2.24) is 0 Å². The van der Waals surface area contributed by atoms with Crippen molar-refractivity contribution in [2.24, 2.45) is 16.9 Å². The highest BCUT2D eigenvalue weighted by molar-refractivity contribution is 5.94. The third kappa shape index (κ3) is 1.88. The number of allylic oxidation sites excluding steroid dienone is 2. The van der Waals surface area contributed by atoms with Gasteiger partial charge in [0, 0.05) is 23.8 Å². The number of hydrogen-bond donors (Lipinski definition) is 1. The number of hydrazone groups is 1. The zero-order valence-corrected chi connectivity index (χ0v) is 9.74. The summed E-state index contributed by atoms with van der Waals surface area (Å²) in [4.78, 5) is 10.2. The minimum atomic E-state index is -0.404. The Balaban J connectivity index is 1.68. The Morgan fingerprint density at radius 1 is 1.44 bits per heavy atom. The third-order valence-electron chi connectivity index (χ3n) is 3.55. The molecule has 0 heterocycles. The molecule has 1 aromatic rings. The van der Waals surface area contributed by atoms with Gasteiger partial charge in [0.1, 0.15) is 0 Å². The van der Waals surface area contributed by atoms with Gasteiger partial charge in [0.05, 0.1) is 10.6 Å². The van der Waals surface area contributed by atoms with E-state index in [1.807, 2.05) is 0 Å². The molecular weight excluding hydrogens is 230 g/mol. The number of hydrogen-bond acceptors (Lipinski definition) is 4. The van der Waals surface area contributed by atoms with Crippen molar-refractivity contribution in [2.75, 3.05) is 5.43 Å². The van der Waals surface area contributed by atoms with E-state index in [0.29, 0.717) is 17.5 Å². The average molecular weight is 243 g/mol. The second-order valence-electron chi connectivity index (χ2n) is 4.66. The second-order valence-corrected chi connectivity index (χ2v) is 4.66. The maximum atomic E-state index is 10.6. The molecule has 0 saturated heterocycles. The molecule has 3 rings (SSSR count). The lowest BCUT2D eigenvalue weighted by Crippen LogP contribution is -2.33. The minimum absolute atomic E-state index is 0.0780. The summed E-state index contributed by atoms with van der Waals surface area (Å²) in [5, 5.41) is 15.0. The first kappa shape index (κ1) is 11.0. The van der Waals surface area contributed by atoms with Crippen LogP contribution in [0.3, 0.4) is 0 Å². The van der Waals surface area contributed by atoms with Crippen molar-refractivity contribution in [3.05, 3.63) is 46.5 Å². The molecule has 1 N–H and O–H groups in total. The summed E-state index contributed by atoms with van der Waals surface area (Å²) in [6.07, 6.45) is 6.52. The van der Waals surface area contributed by atoms with Crippen LogP contribution in [0.1, 0.15) is 12.8 Å². The number of anilines is 1. The summed E-state index contributed by atoms with van der Waals surface area (Å²) >= 11 is 0. The molecule has 0 radical (unpaired) electrons. The summed E-state index contributed by atoms with van der Waals surface area (Å²) < 4.78 is 0. The summed E-state index contributed by atoms with van der Waals surface area (Å²) in [5.74, 6) is 1.21. The molecule has 0 unspecified atom stereocenters. The Labute approximate surface area is 104 Å². The lowest BCUT2D eigenvalue weighted by molar-refractivity contribution is -0.384. The van der Waals surface area contributed by atoms with E-state index in [0.717, 1.165) is 18.6 Å². The largest absolute Gasteiger partial charge is 0.278 e. The highest BCUT2D eigenvalue weighted by Crippen LogP contribution is 2.40. The molecular formula is C13H13N3O2. The monoisotopic (exact) mass is 243 g/mol. The Bertz CT molecular complexity index is 551. The predicted molar refractivity (Wildman–Crippen MR) is 69.5 cm³/mol. The number of nitro groups is 1. The summed E-state index contributed by atoms with van der Waals surface area (Å²) in [6.45, 7) is 0. The lowest BCUT2D eigenvalue weighted by Gasteiger charge is -2.31. The van der Waals surface area contributed by atoms with Crippen LogP contribution in [0, 0.1) is 22.0 Å². The summed E-state index contributed by atoms with van der Waals surface area (Å²) in [6, 6.07) is 6.40. The zero-order valence-electron chi connectivity index (χ0n) is 9.74. The number of benzene rings is 1. The first-order valence-corrected chi connectivity index (χ1v) is 5.97. The fourth-order valence-electron chi connectivity index (χ4n) is 2.49. The normalized spacial score (nSPS) is 26.8. The molecule has 2 aliphatic carbocycles. The molecule has 0 amide bonds. The number of fused-ring (bicyclic) bond motifs is 1. The molecule has 0 aliphatic heterocycles. The Morgan fingerprint density at radius 3 is 3.11 bits per heavy atom. The van der Waals surface area contributed by atoms with Crippen molar-refractivity contribution >= 4 is 17.1 Å². The molecule has 0 bridgehead atoms. The van der Waals surface area contributed by atoms with Gasteiger partial charge in [0.2, 0.25) is 0 Å². The van der Waals surface area contributed by atoms with Crippen LogP contribution >= 0.6 is 0 Å². The van der Waals surface area contributed by atoms with Crippen LogP contribution in [0.25, 0.3) is 0 Å². The van der Waals surface area contributed by atoms with Crippen LogP contribution in [0.4, 0.5) is 11.4 Å². The first-order valence-electron chi connectivity index (χ1n) is 5.97. The number of non-ortho nitro benzene ring substituents is 1. The Kier molecular flexibility index (Phi) is 2.59. The molecule has 1 fully saturated rings. The van der Waals surface area contributed by atoms with Gasteiger partial charge in [-0.15, -0.1) is 0 Å². The van der Waals surface area contributed by atoms with Crippen LogP contribution in [0.5, 0.6) is 0 Å². The molecule has 5 heteroatoms. The van der Waals surface area contributed by atoms with Gasteiger partial charge in [-0.1, -0.05) is 18.2 Å². The van der Waals surface area contributed by atoms with E-state index in [2.05, 4.69) is 22.7 Å². The van der Waals surface area contributed by atoms with Gasteiger partial charge in [-0.2, -0.15) is 5.10 Å². The van der Waals surface area contributed by atoms with E-state index in [-0.39, 0.29) is 5.69 Å². The van der Waals surface area contributed by atoms with Crippen molar-refractivity contribution in [3.63, 3.8) is 0 Å². The number of rotatable bonds is 3. The molecule has 2 aliphatic rings. The SMILES string of the molecule is O=[N+]([O-])c1cccc(N/N=C2/C[C@@H]3C=CC[C@H]23)c1. The highest BCUT2D eigenvalue weighted by atomic mass is 16.6. The molecule has 2 atom stereocenters. The van der Waals surface area contributed by atoms with E-state index in [9.17, 15) is 10.1 Å². The molecule has 92 valence electrons. The molecule has 0 spiro atoms. The Morgan fingerprint density at radius 2 is 2.33 bits per heavy atom. The second kappa shape index (κ2) is 4.25. The van der Waals surface area contributed by atoms with E-state index < -0.39 is 4.92 Å². The van der Waals surface area contributed by atoms with Crippen molar-refractivity contribution in [3.8, 4) is 0 Å². The summed E-state index contributed by atoms with van der Waals surface area (Å²) in [5.41, 5.74) is 4.81. The molecule has 5 nitrogen and oxygen atoms in total.